The number of rotatable bonds is 7. The fraction of sp³-hybridized carbons (Fsp3) is 1.00. The van der Waals surface area contributed by atoms with E-state index in [0.29, 0.717) is 6.54 Å². The molecule has 0 heterocycles. The maximum Gasteiger partial charge on any atom is 0.322 e. The molecule has 4 nitrogen and oxygen atoms in total. The number of hydrogen-bond donors (Lipinski definition) is 2. The first-order valence-electron chi connectivity index (χ1n) is 4.25. The quantitative estimate of drug-likeness (QED) is 0.537. The van der Waals surface area contributed by atoms with Crippen molar-refractivity contribution in [1.82, 2.24) is 0 Å². The highest BCUT2D eigenvalue weighted by atomic mass is 28.3. The molecule has 0 fully saturated rings. The van der Waals surface area contributed by atoms with Gasteiger partial charge in [-0.1, -0.05) is 0 Å². The zero-order valence-corrected chi connectivity index (χ0v) is 9.11. The largest absolute Gasteiger partial charge is 0.400 e. The van der Waals surface area contributed by atoms with E-state index in [9.17, 15) is 0 Å². The summed E-state index contributed by atoms with van der Waals surface area (Å²) in [5.41, 5.74) is 11.2. The predicted molar refractivity (Wildman–Crippen MR) is 52.2 cm³/mol. The Hall–Kier alpha value is 0.0569. The second-order valence-electron chi connectivity index (χ2n) is 2.83. The summed E-state index contributed by atoms with van der Waals surface area (Å²) in [5.74, 6) is 0. The molecule has 0 saturated heterocycles. The lowest BCUT2D eigenvalue weighted by Gasteiger charge is -2.15. The van der Waals surface area contributed by atoms with Gasteiger partial charge in [-0.2, -0.15) is 0 Å². The van der Waals surface area contributed by atoms with Crippen LogP contribution in [0, 0.1) is 0 Å². The molecule has 1 unspecified atom stereocenters. The third-order valence-corrected chi connectivity index (χ3v) is 3.84. The van der Waals surface area contributed by atoms with Crippen molar-refractivity contribution in [1.29, 1.82) is 0 Å². The fourth-order valence-electron chi connectivity index (χ4n) is 1.03. The van der Waals surface area contributed by atoms with Crippen LogP contribution in [0.1, 0.15) is 12.8 Å². The topological polar surface area (TPSA) is 70.5 Å². The average molecular weight is 192 g/mol. The van der Waals surface area contributed by atoms with Gasteiger partial charge in [-0.25, -0.2) is 0 Å². The van der Waals surface area contributed by atoms with Crippen LogP contribution >= 0.6 is 0 Å². The van der Waals surface area contributed by atoms with Gasteiger partial charge in [-0.15, -0.1) is 0 Å². The Morgan fingerprint density at radius 3 is 2.33 bits per heavy atom. The van der Waals surface area contributed by atoms with Crippen LogP contribution in [-0.2, 0) is 8.85 Å². The summed E-state index contributed by atoms with van der Waals surface area (Å²) in [6, 6.07) is 1.05. The van der Waals surface area contributed by atoms with Gasteiger partial charge in [0.15, 0.2) is 0 Å². The van der Waals surface area contributed by atoms with Crippen molar-refractivity contribution >= 4 is 9.28 Å². The minimum atomic E-state index is -1.46. The van der Waals surface area contributed by atoms with Gasteiger partial charge in [0.2, 0.25) is 0 Å². The lowest BCUT2D eigenvalue weighted by Crippen LogP contribution is -2.31. The molecule has 0 aromatic heterocycles. The highest BCUT2D eigenvalue weighted by Gasteiger charge is 2.14. The molecule has 0 bridgehead atoms. The molecule has 0 aliphatic carbocycles. The molecule has 4 N–H and O–H groups in total. The van der Waals surface area contributed by atoms with Crippen LogP contribution < -0.4 is 11.5 Å². The van der Waals surface area contributed by atoms with Crippen LogP contribution in [0.4, 0.5) is 0 Å². The van der Waals surface area contributed by atoms with Crippen molar-refractivity contribution in [2.24, 2.45) is 11.5 Å². The lowest BCUT2D eigenvalue weighted by atomic mass is 10.2. The van der Waals surface area contributed by atoms with Crippen LogP contribution in [0.2, 0.25) is 6.04 Å². The van der Waals surface area contributed by atoms with Crippen molar-refractivity contribution in [2.75, 3.05) is 20.8 Å². The molecule has 0 rings (SSSR count). The van der Waals surface area contributed by atoms with E-state index in [0.717, 1.165) is 18.9 Å². The van der Waals surface area contributed by atoms with Gasteiger partial charge in [0.1, 0.15) is 0 Å². The first-order chi connectivity index (χ1) is 5.74. The average Bonchev–Trinajstić information content (AvgIpc) is 2.10. The first kappa shape index (κ1) is 12.1. The first-order valence-corrected chi connectivity index (χ1v) is 6.01. The predicted octanol–water partition coefficient (Wildman–Crippen LogP) is -0.434. The van der Waals surface area contributed by atoms with E-state index in [4.69, 9.17) is 20.3 Å². The molecule has 0 spiro atoms. The van der Waals surface area contributed by atoms with E-state index in [-0.39, 0.29) is 6.04 Å². The molecule has 0 aromatic carbocycles. The number of hydrogen-bond acceptors (Lipinski definition) is 4. The van der Waals surface area contributed by atoms with Crippen LogP contribution in [-0.4, -0.2) is 36.1 Å². The highest BCUT2D eigenvalue weighted by Crippen LogP contribution is 2.03. The van der Waals surface area contributed by atoms with Crippen molar-refractivity contribution in [3.8, 4) is 0 Å². The smallest absolute Gasteiger partial charge is 0.322 e. The summed E-state index contributed by atoms with van der Waals surface area (Å²) < 4.78 is 10.3. The van der Waals surface area contributed by atoms with Gasteiger partial charge in [0.05, 0.1) is 0 Å². The van der Waals surface area contributed by atoms with Crippen LogP contribution in [0.5, 0.6) is 0 Å². The Balaban J connectivity index is 3.44. The maximum absolute atomic E-state index is 5.83. The molecule has 0 aliphatic heterocycles. The molecule has 12 heavy (non-hydrogen) atoms. The van der Waals surface area contributed by atoms with E-state index in [1.165, 1.54) is 0 Å². The summed E-state index contributed by atoms with van der Waals surface area (Å²) in [6.07, 6.45) is 1.95. The molecule has 0 aliphatic rings. The molecule has 1 atom stereocenters. The van der Waals surface area contributed by atoms with Crippen LogP contribution in [0.15, 0.2) is 0 Å². The van der Waals surface area contributed by atoms with Crippen molar-refractivity contribution < 1.29 is 8.85 Å². The Kier molecular flexibility index (Phi) is 7.73. The molecule has 0 saturated carbocycles. The van der Waals surface area contributed by atoms with Gasteiger partial charge in [0.25, 0.3) is 0 Å². The molecule has 5 heteroatoms. The maximum atomic E-state index is 5.83. The third kappa shape index (κ3) is 5.67. The monoisotopic (exact) mass is 192 g/mol. The minimum absolute atomic E-state index is 0.185. The molecule has 0 aromatic rings. The summed E-state index contributed by atoms with van der Waals surface area (Å²) >= 11 is 0. The standard InChI is InChI=1S/C7H20N2O2Si/c1-10-12(11-2)6-7(9)4-3-5-8/h7,12H,3-6,8-9H2,1-2H3. The van der Waals surface area contributed by atoms with E-state index in [1.807, 2.05) is 0 Å². The van der Waals surface area contributed by atoms with E-state index >= 15 is 0 Å². The highest BCUT2D eigenvalue weighted by molar-refractivity contribution is 6.44. The zero-order chi connectivity index (χ0) is 9.40. The summed E-state index contributed by atoms with van der Waals surface area (Å²) in [5, 5.41) is 0. The molecular formula is C7H20N2O2Si. The summed E-state index contributed by atoms with van der Waals surface area (Å²) in [6.45, 7) is 0.708. The second kappa shape index (κ2) is 7.69. The number of nitrogens with two attached hydrogens (primary N) is 2. The second-order valence-corrected chi connectivity index (χ2v) is 5.10. The summed E-state index contributed by atoms with van der Waals surface area (Å²) in [4.78, 5) is 0. The molecule has 0 radical (unpaired) electrons. The van der Waals surface area contributed by atoms with Crippen molar-refractivity contribution in [3.05, 3.63) is 0 Å². The van der Waals surface area contributed by atoms with Gasteiger partial charge in [0, 0.05) is 26.3 Å². The minimum Gasteiger partial charge on any atom is -0.400 e. The molecule has 0 amide bonds. The van der Waals surface area contributed by atoms with Crippen LogP contribution in [0.3, 0.4) is 0 Å². The lowest BCUT2D eigenvalue weighted by molar-refractivity contribution is 0.273. The molecular weight excluding hydrogens is 172 g/mol. The summed E-state index contributed by atoms with van der Waals surface area (Å²) in [7, 11) is 1.89. The normalized spacial score (nSPS) is 13.8. The van der Waals surface area contributed by atoms with Gasteiger partial charge < -0.3 is 20.3 Å². The Morgan fingerprint density at radius 1 is 1.33 bits per heavy atom. The van der Waals surface area contributed by atoms with Gasteiger partial charge in [-0.3, -0.25) is 0 Å². The van der Waals surface area contributed by atoms with E-state index in [2.05, 4.69) is 0 Å². The Labute approximate surface area is 76.1 Å². The molecule has 74 valence electrons. The van der Waals surface area contributed by atoms with E-state index in [1.54, 1.807) is 14.2 Å². The van der Waals surface area contributed by atoms with Crippen molar-refractivity contribution in [2.45, 2.75) is 24.9 Å². The third-order valence-electron chi connectivity index (χ3n) is 1.80. The van der Waals surface area contributed by atoms with Crippen LogP contribution in [0.25, 0.3) is 0 Å². The van der Waals surface area contributed by atoms with Gasteiger partial charge in [-0.05, 0) is 19.4 Å². The Bertz CT molecular complexity index is 101. The van der Waals surface area contributed by atoms with E-state index < -0.39 is 9.28 Å². The SMILES string of the molecule is CO[SiH](CC(N)CCCN)OC. The fourth-order valence-corrected chi connectivity index (χ4v) is 2.34. The van der Waals surface area contributed by atoms with Gasteiger partial charge >= 0.3 is 9.28 Å². The zero-order valence-electron chi connectivity index (χ0n) is 7.95. The Morgan fingerprint density at radius 2 is 1.92 bits per heavy atom. The van der Waals surface area contributed by atoms with Crippen molar-refractivity contribution in [3.63, 3.8) is 0 Å².